The van der Waals surface area contributed by atoms with Crippen molar-refractivity contribution in [2.45, 2.75) is 96.8 Å². The zero-order valence-corrected chi connectivity index (χ0v) is 14.8. The Hall–Kier alpha value is -1.26. The van der Waals surface area contributed by atoms with Gasteiger partial charge in [-0.2, -0.15) is 0 Å². The van der Waals surface area contributed by atoms with Crippen molar-refractivity contribution in [3.05, 3.63) is 0 Å². The molecule has 0 atom stereocenters. The fourth-order valence-electron chi connectivity index (χ4n) is 2.58. The molecule has 0 saturated carbocycles. The van der Waals surface area contributed by atoms with Gasteiger partial charge in [-0.1, -0.05) is 90.4 Å². The van der Waals surface area contributed by atoms with E-state index < -0.39 is 12.2 Å². The van der Waals surface area contributed by atoms with E-state index in [1.54, 1.807) is 5.32 Å². The molecule has 0 unspecified atom stereocenters. The molecule has 0 aromatic rings. The molecule has 5 nitrogen and oxygen atoms in total. The summed E-state index contributed by atoms with van der Waals surface area (Å²) in [4.78, 5) is 21.0. The van der Waals surface area contributed by atoms with Gasteiger partial charge in [-0.15, -0.1) is 0 Å². The summed E-state index contributed by atoms with van der Waals surface area (Å²) < 4.78 is 4.73. The Bertz CT molecular complexity index is 295. The Morgan fingerprint density at radius 2 is 1.13 bits per heavy atom. The van der Waals surface area contributed by atoms with Crippen molar-refractivity contribution in [1.29, 1.82) is 0 Å². The van der Waals surface area contributed by atoms with Gasteiger partial charge in [-0.3, -0.25) is 0 Å². The standard InChI is InChI=1S/C18H35NO4/c1-2-3-4-5-6-7-8-9-10-11-12-13-14-15-16-23-18(22)19-17(20)21/h2-16H2,1H3,(H,19,22)(H,20,21). The van der Waals surface area contributed by atoms with Crippen LogP contribution in [0.5, 0.6) is 0 Å². The number of amides is 2. The minimum atomic E-state index is -1.38. The molecule has 136 valence electrons. The van der Waals surface area contributed by atoms with E-state index in [-0.39, 0.29) is 6.61 Å². The zero-order chi connectivity index (χ0) is 17.2. The van der Waals surface area contributed by atoms with Crippen LogP contribution in [0.3, 0.4) is 0 Å². The number of carbonyl (C=O) groups excluding carboxylic acids is 1. The first-order valence-electron chi connectivity index (χ1n) is 9.33. The van der Waals surface area contributed by atoms with Crippen molar-refractivity contribution >= 4 is 12.2 Å². The van der Waals surface area contributed by atoms with Gasteiger partial charge in [-0.05, 0) is 6.42 Å². The molecular weight excluding hydrogens is 294 g/mol. The van der Waals surface area contributed by atoms with E-state index in [0.717, 1.165) is 19.3 Å². The summed E-state index contributed by atoms with van der Waals surface area (Å²) in [5, 5.41) is 9.95. The fraction of sp³-hybridized carbons (Fsp3) is 0.889. The molecule has 2 amide bonds. The molecule has 0 saturated heterocycles. The lowest BCUT2D eigenvalue weighted by Crippen LogP contribution is -2.29. The molecule has 2 N–H and O–H groups in total. The van der Waals surface area contributed by atoms with Crippen molar-refractivity contribution < 1.29 is 19.4 Å². The third-order valence-electron chi connectivity index (χ3n) is 3.94. The molecule has 23 heavy (non-hydrogen) atoms. The predicted molar refractivity (Wildman–Crippen MR) is 92.8 cm³/mol. The lowest BCUT2D eigenvalue weighted by atomic mass is 10.0. The molecule has 0 aromatic heterocycles. The van der Waals surface area contributed by atoms with Gasteiger partial charge in [0, 0.05) is 0 Å². The van der Waals surface area contributed by atoms with E-state index in [9.17, 15) is 9.59 Å². The first kappa shape index (κ1) is 21.7. The third kappa shape index (κ3) is 18.7. The molecule has 0 rings (SSSR count). The number of imide groups is 1. The summed E-state index contributed by atoms with van der Waals surface area (Å²) >= 11 is 0. The molecule has 5 heteroatoms. The molecule has 0 heterocycles. The highest BCUT2D eigenvalue weighted by atomic mass is 16.6. The van der Waals surface area contributed by atoms with Crippen LogP contribution in [-0.2, 0) is 4.74 Å². The number of nitrogens with one attached hydrogen (secondary N) is 1. The normalized spacial score (nSPS) is 10.5. The van der Waals surface area contributed by atoms with Crippen LogP contribution in [-0.4, -0.2) is 23.9 Å². The Morgan fingerprint density at radius 3 is 1.52 bits per heavy atom. The van der Waals surface area contributed by atoms with Gasteiger partial charge in [0.25, 0.3) is 0 Å². The predicted octanol–water partition coefficient (Wildman–Crippen LogP) is 5.87. The highest BCUT2D eigenvalue weighted by Gasteiger charge is 2.05. The van der Waals surface area contributed by atoms with E-state index in [0.29, 0.717) is 0 Å². The Kier molecular flexibility index (Phi) is 16.2. The number of hydrogen-bond acceptors (Lipinski definition) is 3. The summed E-state index contributed by atoms with van der Waals surface area (Å²) in [5.74, 6) is 0. The maximum absolute atomic E-state index is 10.9. The van der Waals surface area contributed by atoms with Crippen molar-refractivity contribution in [1.82, 2.24) is 5.32 Å². The second kappa shape index (κ2) is 17.1. The number of hydrogen-bond donors (Lipinski definition) is 2. The van der Waals surface area contributed by atoms with E-state index in [4.69, 9.17) is 9.84 Å². The number of alkyl carbamates (subject to hydrolysis) is 1. The molecule has 0 aromatic carbocycles. The van der Waals surface area contributed by atoms with Crippen LogP contribution in [0, 0.1) is 0 Å². The molecule has 0 spiro atoms. The van der Waals surface area contributed by atoms with E-state index in [1.807, 2.05) is 0 Å². The number of unbranched alkanes of at least 4 members (excludes halogenated alkanes) is 13. The van der Waals surface area contributed by atoms with Gasteiger partial charge in [0.15, 0.2) is 0 Å². The van der Waals surface area contributed by atoms with Crippen molar-refractivity contribution in [3.63, 3.8) is 0 Å². The maximum Gasteiger partial charge on any atom is 0.416 e. The smallest absolute Gasteiger partial charge is 0.416 e. The van der Waals surface area contributed by atoms with Crippen molar-refractivity contribution in [2.24, 2.45) is 0 Å². The van der Waals surface area contributed by atoms with E-state index in [2.05, 4.69) is 6.92 Å². The monoisotopic (exact) mass is 329 g/mol. The lowest BCUT2D eigenvalue weighted by Gasteiger charge is -2.04. The topological polar surface area (TPSA) is 75.6 Å². The van der Waals surface area contributed by atoms with Crippen LogP contribution in [0.4, 0.5) is 9.59 Å². The van der Waals surface area contributed by atoms with Crippen LogP contribution in [0.2, 0.25) is 0 Å². The summed E-state index contributed by atoms with van der Waals surface area (Å²) in [6, 6.07) is 0. The van der Waals surface area contributed by atoms with Gasteiger partial charge in [0.05, 0.1) is 6.61 Å². The summed E-state index contributed by atoms with van der Waals surface area (Å²) in [7, 11) is 0. The van der Waals surface area contributed by atoms with Gasteiger partial charge in [0.2, 0.25) is 0 Å². The number of ether oxygens (including phenoxy) is 1. The molecule has 0 bridgehead atoms. The second-order valence-electron chi connectivity index (χ2n) is 6.16. The Balaban J connectivity index is 3.08. The summed E-state index contributed by atoms with van der Waals surface area (Å²) in [5.41, 5.74) is 0. The van der Waals surface area contributed by atoms with E-state index in [1.165, 1.54) is 70.6 Å². The maximum atomic E-state index is 10.9. The molecule has 0 fully saturated rings. The lowest BCUT2D eigenvalue weighted by molar-refractivity contribution is 0.138. The van der Waals surface area contributed by atoms with Crippen molar-refractivity contribution in [2.75, 3.05) is 6.61 Å². The fourth-order valence-corrected chi connectivity index (χ4v) is 2.58. The van der Waals surface area contributed by atoms with Crippen LogP contribution in [0.25, 0.3) is 0 Å². The highest BCUT2D eigenvalue weighted by molar-refractivity contribution is 5.86. The average molecular weight is 329 g/mol. The van der Waals surface area contributed by atoms with E-state index >= 15 is 0 Å². The molecule has 0 aliphatic rings. The summed E-state index contributed by atoms with van der Waals surface area (Å²) in [6.45, 7) is 2.54. The van der Waals surface area contributed by atoms with Gasteiger partial charge >= 0.3 is 12.2 Å². The highest BCUT2D eigenvalue weighted by Crippen LogP contribution is 2.12. The average Bonchev–Trinajstić information content (AvgIpc) is 2.50. The SMILES string of the molecule is CCCCCCCCCCCCCCCCOC(=O)NC(=O)O. The van der Waals surface area contributed by atoms with Crippen LogP contribution < -0.4 is 5.32 Å². The molecule has 0 aliphatic heterocycles. The van der Waals surface area contributed by atoms with Crippen LogP contribution in [0.15, 0.2) is 0 Å². The zero-order valence-electron chi connectivity index (χ0n) is 14.8. The largest absolute Gasteiger partial charge is 0.465 e. The van der Waals surface area contributed by atoms with Gasteiger partial charge < -0.3 is 9.84 Å². The van der Waals surface area contributed by atoms with Crippen molar-refractivity contribution in [3.8, 4) is 0 Å². The number of rotatable bonds is 15. The number of carbonyl (C=O) groups is 2. The molecule has 0 aliphatic carbocycles. The quantitative estimate of drug-likeness (QED) is 0.368. The van der Waals surface area contributed by atoms with Crippen LogP contribution in [0.1, 0.15) is 96.8 Å². The first-order chi connectivity index (χ1) is 11.2. The summed E-state index contributed by atoms with van der Waals surface area (Å²) in [6.07, 6.45) is 15.6. The molecular formula is C18H35NO4. The van der Waals surface area contributed by atoms with Crippen LogP contribution >= 0.6 is 0 Å². The Labute approximate surface area is 141 Å². The minimum Gasteiger partial charge on any atom is -0.465 e. The third-order valence-corrected chi connectivity index (χ3v) is 3.94. The van der Waals surface area contributed by atoms with Gasteiger partial charge in [0.1, 0.15) is 0 Å². The van der Waals surface area contributed by atoms with Gasteiger partial charge in [-0.25, -0.2) is 14.9 Å². The molecule has 0 radical (unpaired) electrons. The Morgan fingerprint density at radius 1 is 0.739 bits per heavy atom. The minimum absolute atomic E-state index is 0.289. The second-order valence-corrected chi connectivity index (χ2v) is 6.16. The number of carboxylic acid groups (broad SMARTS) is 1. The first-order valence-corrected chi connectivity index (χ1v) is 9.33.